The number of carbonyl (C=O) groups is 3. The van der Waals surface area contributed by atoms with E-state index in [4.69, 9.17) is 14.2 Å². The second kappa shape index (κ2) is 8.12. The van der Waals surface area contributed by atoms with Gasteiger partial charge < -0.3 is 19.1 Å². The Bertz CT molecular complexity index is 846. The quantitative estimate of drug-likeness (QED) is 0.413. The van der Waals surface area contributed by atoms with Crippen molar-refractivity contribution in [1.82, 2.24) is 4.90 Å². The second-order valence-corrected chi connectivity index (χ2v) is 6.29. The molecule has 1 heterocycles. The van der Waals surface area contributed by atoms with Gasteiger partial charge in [-0.2, -0.15) is 0 Å². The minimum absolute atomic E-state index is 0.258. The first-order valence-corrected chi connectivity index (χ1v) is 8.78. The highest BCUT2D eigenvalue weighted by molar-refractivity contribution is 6.09. The van der Waals surface area contributed by atoms with Crippen LogP contribution in [0.2, 0.25) is 0 Å². The Balaban J connectivity index is 1.91. The van der Waals surface area contributed by atoms with E-state index in [0.717, 1.165) is 5.56 Å². The average Bonchev–Trinajstić information content (AvgIpc) is 2.74. The van der Waals surface area contributed by atoms with Crippen LogP contribution in [0.15, 0.2) is 54.6 Å². The third kappa shape index (κ3) is 3.31. The van der Waals surface area contributed by atoms with E-state index in [0.29, 0.717) is 12.4 Å². The van der Waals surface area contributed by atoms with E-state index in [-0.39, 0.29) is 24.4 Å². The van der Waals surface area contributed by atoms with Gasteiger partial charge in [-0.1, -0.05) is 42.5 Å². The molecule has 1 saturated heterocycles. The summed E-state index contributed by atoms with van der Waals surface area (Å²) in [6, 6.07) is 16.1. The molecule has 0 unspecified atom stereocenters. The lowest BCUT2D eigenvalue weighted by atomic mass is 9.85. The van der Waals surface area contributed by atoms with Crippen LogP contribution in [0.3, 0.4) is 0 Å². The largest absolute Gasteiger partial charge is 0.489 e. The normalized spacial score (nSPS) is 13.5. The summed E-state index contributed by atoms with van der Waals surface area (Å²) in [4.78, 5) is 38.6. The van der Waals surface area contributed by atoms with Gasteiger partial charge in [0.1, 0.15) is 12.4 Å². The number of esters is 2. The van der Waals surface area contributed by atoms with E-state index in [2.05, 4.69) is 0 Å². The molecule has 0 radical (unpaired) electrons. The summed E-state index contributed by atoms with van der Waals surface area (Å²) in [6.45, 7) is 0.638. The first-order chi connectivity index (χ1) is 13.5. The zero-order valence-electron chi connectivity index (χ0n) is 15.7. The van der Waals surface area contributed by atoms with Crippen molar-refractivity contribution in [1.29, 1.82) is 0 Å². The highest BCUT2D eigenvalue weighted by atomic mass is 16.5. The molecule has 28 heavy (non-hydrogen) atoms. The Morgan fingerprint density at radius 1 is 0.964 bits per heavy atom. The number of hydrogen-bond donors (Lipinski definition) is 0. The van der Waals surface area contributed by atoms with Crippen LogP contribution in [-0.2, 0) is 36.0 Å². The maximum atomic E-state index is 12.7. The molecule has 146 valence electrons. The standard InChI is InChI=1S/C21H21NO6/c1-26-19(24)21(20(25)27-2,22-13-12-18(22)23)16-8-10-17(11-9-16)28-14-15-6-4-3-5-7-15/h3-11H,12-14H2,1-2H3. The van der Waals surface area contributed by atoms with Gasteiger partial charge in [-0.3, -0.25) is 4.79 Å². The fourth-order valence-electron chi connectivity index (χ4n) is 3.19. The van der Waals surface area contributed by atoms with Gasteiger partial charge in [-0.05, 0) is 17.7 Å². The van der Waals surface area contributed by atoms with Gasteiger partial charge in [-0.15, -0.1) is 0 Å². The molecule has 0 N–H and O–H groups in total. The summed E-state index contributed by atoms with van der Waals surface area (Å²) in [5.74, 6) is -1.50. The highest BCUT2D eigenvalue weighted by Crippen LogP contribution is 2.37. The van der Waals surface area contributed by atoms with Crippen LogP contribution in [0.5, 0.6) is 5.75 Å². The first-order valence-electron chi connectivity index (χ1n) is 8.78. The molecule has 1 fully saturated rings. The van der Waals surface area contributed by atoms with Crippen LogP contribution >= 0.6 is 0 Å². The Hall–Kier alpha value is -3.35. The molecule has 2 aromatic rings. The molecular weight excluding hydrogens is 362 g/mol. The Labute approximate surface area is 162 Å². The predicted molar refractivity (Wildman–Crippen MR) is 99.3 cm³/mol. The maximum absolute atomic E-state index is 12.7. The van der Waals surface area contributed by atoms with Gasteiger partial charge in [0.25, 0.3) is 5.54 Å². The molecule has 0 aromatic heterocycles. The van der Waals surface area contributed by atoms with Gasteiger partial charge in [-0.25, -0.2) is 9.59 Å². The lowest BCUT2D eigenvalue weighted by Crippen LogP contribution is -2.65. The molecule has 0 aliphatic carbocycles. The van der Waals surface area contributed by atoms with Crippen LogP contribution in [0, 0.1) is 0 Å². The minimum atomic E-state index is -1.96. The van der Waals surface area contributed by atoms with E-state index >= 15 is 0 Å². The summed E-state index contributed by atoms with van der Waals surface area (Å²) in [7, 11) is 2.34. The topological polar surface area (TPSA) is 82.1 Å². The van der Waals surface area contributed by atoms with E-state index < -0.39 is 17.5 Å². The Morgan fingerprint density at radius 2 is 1.57 bits per heavy atom. The number of amides is 1. The van der Waals surface area contributed by atoms with Crippen LogP contribution in [0.4, 0.5) is 0 Å². The molecule has 0 bridgehead atoms. The molecule has 1 aliphatic heterocycles. The monoisotopic (exact) mass is 383 g/mol. The van der Waals surface area contributed by atoms with Crippen LogP contribution in [-0.4, -0.2) is 43.5 Å². The van der Waals surface area contributed by atoms with E-state index in [1.165, 1.54) is 19.1 Å². The number of rotatable bonds is 7. The third-order valence-electron chi connectivity index (χ3n) is 4.74. The third-order valence-corrected chi connectivity index (χ3v) is 4.74. The zero-order chi connectivity index (χ0) is 20.1. The Morgan fingerprint density at radius 3 is 2.04 bits per heavy atom. The summed E-state index contributed by atoms with van der Waals surface area (Å²) < 4.78 is 15.5. The number of β-lactam (4-membered cyclic amide) rings is 1. The van der Waals surface area contributed by atoms with Crippen molar-refractivity contribution in [3.05, 3.63) is 65.7 Å². The van der Waals surface area contributed by atoms with Gasteiger partial charge in [0.05, 0.1) is 14.2 Å². The molecule has 1 aliphatic rings. The molecule has 0 saturated carbocycles. The first kappa shape index (κ1) is 19.4. The van der Waals surface area contributed by atoms with Crippen molar-refractivity contribution in [3.8, 4) is 5.75 Å². The number of methoxy groups -OCH3 is 2. The number of likely N-dealkylation sites (tertiary alicyclic amines) is 1. The fourth-order valence-corrected chi connectivity index (χ4v) is 3.19. The molecule has 7 nitrogen and oxygen atoms in total. The molecule has 1 amide bonds. The summed E-state index contributed by atoms with van der Waals surface area (Å²) >= 11 is 0. The van der Waals surface area contributed by atoms with E-state index in [1.807, 2.05) is 30.3 Å². The summed E-state index contributed by atoms with van der Waals surface area (Å²) in [6.07, 6.45) is 0.258. The molecule has 0 spiro atoms. The number of hydrogen-bond acceptors (Lipinski definition) is 6. The summed E-state index contributed by atoms with van der Waals surface area (Å²) in [5.41, 5.74) is -0.668. The van der Waals surface area contributed by atoms with Crippen LogP contribution in [0.1, 0.15) is 17.5 Å². The maximum Gasteiger partial charge on any atom is 0.348 e. The Kier molecular flexibility index (Phi) is 5.63. The van der Waals surface area contributed by atoms with Gasteiger partial charge in [0, 0.05) is 18.5 Å². The molecule has 2 aromatic carbocycles. The van der Waals surface area contributed by atoms with Gasteiger partial charge >= 0.3 is 11.9 Å². The number of ether oxygens (including phenoxy) is 3. The SMILES string of the molecule is COC(=O)C(C(=O)OC)(c1ccc(OCc2ccccc2)cc1)N1CCC1=O. The van der Waals surface area contributed by atoms with Crippen LogP contribution < -0.4 is 4.74 Å². The van der Waals surface area contributed by atoms with Gasteiger partial charge in [0.2, 0.25) is 5.91 Å². The lowest BCUT2D eigenvalue weighted by Gasteiger charge is -2.44. The van der Waals surface area contributed by atoms with Crippen molar-refractivity contribution in [2.45, 2.75) is 18.6 Å². The van der Waals surface area contributed by atoms with Crippen molar-refractivity contribution >= 4 is 17.8 Å². The van der Waals surface area contributed by atoms with E-state index in [1.54, 1.807) is 24.3 Å². The molecule has 3 rings (SSSR count). The fraction of sp³-hybridized carbons (Fsp3) is 0.286. The van der Waals surface area contributed by atoms with Crippen molar-refractivity contribution in [2.24, 2.45) is 0 Å². The number of carbonyl (C=O) groups excluding carboxylic acids is 3. The van der Waals surface area contributed by atoms with Crippen molar-refractivity contribution in [2.75, 3.05) is 20.8 Å². The average molecular weight is 383 g/mol. The number of nitrogens with zero attached hydrogens (tertiary/aromatic N) is 1. The van der Waals surface area contributed by atoms with Crippen molar-refractivity contribution in [3.63, 3.8) is 0 Å². The molecule has 7 heteroatoms. The smallest absolute Gasteiger partial charge is 0.348 e. The lowest BCUT2D eigenvalue weighted by molar-refractivity contribution is -0.183. The number of benzene rings is 2. The second-order valence-electron chi connectivity index (χ2n) is 6.29. The molecule has 0 atom stereocenters. The molecular formula is C21H21NO6. The summed E-state index contributed by atoms with van der Waals surface area (Å²) in [5, 5.41) is 0. The predicted octanol–water partition coefficient (Wildman–Crippen LogP) is 2.04. The zero-order valence-corrected chi connectivity index (χ0v) is 15.7. The minimum Gasteiger partial charge on any atom is -0.489 e. The highest BCUT2D eigenvalue weighted by Gasteiger charge is 2.59. The van der Waals surface area contributed by atoms with Gasteiger partial charge in [0.15, 0.2) is 0 Å². The van der Waals surface area contributed by atoms with E-state index in [9.17, 15) is 14.4 Å². The van der Waals surface area contributed by atoms with Crippen molar-refractivity contribution < 1.29 is 28.6 Å². The van der Waals surface area contributed by atoms with Crippen LogP contribution in [0.25, 0.3) is 0 Å².